The number of aromatic nitrogens is 1. The maximum Gasteiger partial charge on any atom is 0.251 e. The van der Waals surface area contributed by atoms with Crippen molar-refractivity contribution in [3.63, 3.8) is 0 Å². The van der Waals surface area contributed by atoms with Crippen molar-refractivity contribution in [2.24, 2.45) is 0 Å². The van der Waals surface area contributed by atoms with Crippen molar-refractivity contribution in [3.05, 3.63) is 71.4 Å². The van der Waals surface area contributed by atoms with Gasteiger partial charge in [0.25, 0.3) is 5.91 Å². The number of amides is 1. The molecule has 25 heavy (non-hydrogen) atoms. The molecule has 0 saturated heterocycles. The summed E-state index contributed by atoms with van der Waals surface area (Å²) in [4.78, 5) is 16.9. The Balaban J connectivity index is 1.73. The third-order valence-electron chi connectivity index (χ3n) is 4.06. The second-order valence-corrected chi connectivity index (χ2v) is 6.08. The van der Waals surface area contributed by atoms with Crippen LogP contribution in [0.15, 0.2) is 54.6 Å². The summed E-state index contributed by atoms with van der Waals surface area (Å²) in [5, 5.41) is 22.6. The summed E-state index contributed by atoms with van der Waals surface area (Å²) < 4.78 is 0. The van der Waals surface area contributed by atoms with E-state index in [0.717, 1.165) is 22.2 Å². The summed E-state index contributed by atoms with van der Waals surface area (Å²) in [6.07, 6.45) is 0.483. The number of pyridine rings is 1. The van der Waals surface area contributed by atoms with Crippen molar-refractivity contribution in [1.29, 1.82) is 0 Å². The fourth-order valence-electron chi connectivity index (χ4n) is 2.72. The average molecular weight is 336 g/mol. The number of carbonyl (C=O) groups is 1. The van der Waals surface area contributed by atoms with Gasteiger partial charge in [0.15, 0.2) is 0 Å². The van der Waals surface area contributed by atoms with Crippen molar-refractivity contribution in [2.45, 2.75) is 19.4 Å². The van der Waals surface area contributed by atoms with Gasteiger partial charge in [-0.2, -0.15) is 0 Å². The van der Waals surface area contributed by atoms with E-state index in [1.54, 1.807) is 36.4 Å². The Bertz CT molecular complexity index is 891. The minimum absolute atomic E-state index is 0.166. The molecule has 0 fully saturated rings. The molecule has 3 N–H and O–H groups in total. The number of hydrogen-bond donors (Lipinski definition) is 3. The van der Waals surface area contributed by atoms with Crippen molar-refractivity contribution in [1.82, 2.24) is 10.3 Å². The van der Waals surface area contributed by atoms with Crippen molar-refractivity contribution in [2.75, 3.05) is 6.61 Å². The zero-order valence-electron chi connectivity index (χ0n) is 13.9. The average Bonchev–Trinajstić information content (AvgIpc) is 2.62. The predicted molar refractivity (Wildman–Crippen MR) is 96.6 cm³/mol. The van der Waals surface area contributed by atoms with Crippen LogP contribution in [-0.2, 0) is 6.42 Å². The lowest BCUT2D eigenvalue weighted by atomic mass is 10.1. The number of nitrogens with one attached hydrogen (secondary N) is 1. The number of benzene rings is 2. The molecule has 3 aromatic rings. The smallest absolute Gasteiger partial charge is 0.251 e. The molecular formula is C20H20N2O3. The molecule has 0 bridgehead atoms. The number of phenolic OH excluding ortho intramolecular Hbond substituents is 1. The summed E-state index contributed by atoms with van der Waals surface area (Å²) in [5.74, 6) is -0.0475. The number of carbonyl (C=O) groups excluding carboxylic acids is 1. The normalized spacial score (nSPS) is 12.1. The van der Waals surface area contributed by atoms with E-state index in [4.69, 9.17) is 0 Å². The molecule has 1 amide bonds. The highest BCUT2D eigenvalue weighted by Crippen LogP contribution is 2.15. The summed E-state index contributed by atoms with van der Waals surface area (Å²) in [6.45, 7) is 1.76. The minimum Gasteiger partial charge on any atom is -0.508 e. The molecule has 0 aliphatic heterocycles. The van der Waals surface area contributed by atoms with Crippen LogP contribution in [0.4, 0.5) is 0 Å². The first-order valence-electron chi connectivity index (χ1n) is 8.12. The minimum atomic E-state index is -0.399. The maximum absolute atomic E-state index is 12.5. The van der Waals surface area contributed by atoms with E-state index in [1.807, 2.05) is 25.1 Å². The zero-order valence-corrected chi connectivity index (χ0v) is 13.9. The molecule has 0 saturated carbocycles. The van der Waals surface area contributed by atoms with Crippen LogP contribution < -0.4 is 5.32 Å². The molecular weight excluding hydrogens is 316 g/mol. The molecule has 3 rings (SSSR count). The van der Waals surface area contributed by atoms with Gasteiger partial charge in [0.2, 0.25) is 0 Å². The molecule has 0 spiro atoms. The van der Waals surface area contributed by atoms with Gasteiger partial charge >= 0.3 is 0 Å². The molecule has 0 aliphatic carbocycles. The highest BCUT2D eigenvalue weighted by molar-refractivity contribution is 5.98. The van der Waals surface area contributed by atoms with Gasteiger partial charge in [0.05, 0.1) is 18.2 Å². The van der Waals surface area contributed by atoms with E-state index < -0.39 is 6.04 Å². The Hall–Kier alpha value is -2.92. The number of aliphatic hydroxyl groups excluding tert-OH is 1. The lowest BCUT2D eigenvalue weighted by molar-refractivity contribution is 0.0916. The van der Waals surface area contributed by atoms with Crippen LogP contribution >= 0.6 is 0 Å². The SMILES string of the molecule is Cc1ccc2cc(C(=O)N[C@H](CO)Cc3ccc(O)cc3)ccc2n1. The molecule has 0 radical (unpaired) electrons. The summed E-state index contributed by atoms with van der Waals surface area (Å²) in [7, 11) is 0. The Morgan fingerprint density at radius 3 is 2.60 bits per heavy atom. The second kappa shape index (κ2) is 7.32. The van der Waals surface area contributed by atoms with Crippen LogP contribution in [0.3, 0.4) is 0 Å². The van der Waals surface area contributed by atoms with Crippen LogP contribution in [0, 0.1) is 6.92 Å². The van der Waals surface area contributed by atoms with E-state index in [2.05, 4.69) is 10.3 Å². The Morgan fingerprint density at radius 1 is 1.12 bits per heavy atom. The molecule has 1 atom stereocenters. The van der Waals surface area contributed by atoms with Crippen LogP contribution in [0.1, 0.15) is 21.6 Å². The summed E-state index contributed by atoms with van der Waals surface area (Å²) in [5.41, 5.74) is 3.23. The van der Waals surface area contributed by atoms with Gasteiger partial charge in [0, 0.05) is 16.6 Å². The van der Waals surface area contributed by atoms with E-state index in [1.165, 1.54) is 0 Å². The topological polar surface area (TPSA) is 82.5 Å². The van der Waals surface area contributed by atoms with E-state index in [9.17, 15) is 15.0 Å². The first-order chi connectivity index (χ1) is 12.0. The molecule has 1 aromatic heterocycles. The lowest BCUT2D eigenvalue weighted by Crippen LogP contribution is -2.39. The highest BCUT2D eigenvalue weighted by atomic mass is 16.3. The Kier molecular flexibility index (Phi) is 4.95. The Morgan fingerprint density at radius 2 is 1.88 bits per heavy atom. The van der Waals surface area contributed by atoms with Gasteiger partial charge in [-0.1, -0.05) is 18.2 Å². The highest BCUT2D eigenvalue weighted by Gasteiger charge is 2.14. The molecule has 0 unspecified atom stereocenters. The predicted octanol–water partition coefficient (Wildman–Crippen LogP) is 2.58. The van der Waals surface area contributed by atoms with Gasteiger partial charge in [-0.15, -0.1) is 0 Å². The van der Waals surface area contributed by atoms with Gasteiger partial charge in [-0.25, -0.2) is 0 Å². The number of nitrogens with zero attached hydrogens (tertiary/aromatic N) is 1. The number of rotatable bonds is 5. The standard InChI is InChI=1S/C20H20N2O3/c1-13-2-5-15-11-16(6-9-19(15)21-13)20(25)22-17(12-23)10-14-3-7-18(24)8-4-14/h2-9,11,17,23-24H,10,12H2,1H3,(H,22,25)/t17-/m0/s1. The van der Waals surface area contributed by atoms with E-state index >= 15 is 0 Å². The third-order valence-corrected chi connectivity index (χ3v) is 4.06. The molecule has 5 nitrogen and oxygen atoms in total. The van der Waals surface area contributed by atoms with Crippen molar-refractivity contribution >= 4 is 16.8 Å². The summed E-state index contributed by atoms with van der Waals surface area (Å²) in [6, 6.07) is 15.5. The number of hydrogen-bond acceptors (Lipinski definition) is 4. The first-order valence-corrected chi connectivity index (χ1v) is 8.12. The quantitative estimate of drug-likeness (QED) is 0.669. The van der Waals surface area contributed by atoms with Gasteiger partial charge < -0.3 is 15.5 Å². The molecule has 5 heteroatoms. The Labute approximate surface area is 146 Å². The van der Waals surface area contributed by atoms with Crippen LogP contribution in [0.2, 0.25) is 0 Å². The molecule has 0 aliphatic rings. The number of aliphatic hydroxyl groups is 1. The van der Waals surface area contributed by atoms with Crippen LogP contribution in [0.25, 0.3) is 10.9 Å². The number of aromatic hydroxyl groups is 1. The van der Waals surface area contributed by atoms with Crippen LogP contribution in [-0.4, -0.2) is 33.8 Å². The fraction of sp³-hybridized carbons (Fsp3) is 0.200. The number of phenols is 1. The van der Waals surface area contributed by atoms with Crippen molar-refractivity contribution < 1.29 is 15.0 Å². The summed E-state index contributed by atoms with van der Waals surface area (Å²) >= 11 is 0. The first kappa shape index (κ1) is 16.9. The fourth-order valence-corrected chi connectivity index (χ4v) is 2.72. The monoisotopic (exact) mass is 336 g/mol. The van der Waals surface area contributed by atoms with Crippen LogP contribution in [0.5, 0.6) is 5.75 Å². The van der Waals surface area contributed by atoms with Gasteiger partial charge in [0.1, 0.15) is 5.75 Å². The maximum atomic E-state index is 12.5. The molecule has 1 heterocycles. The van der Waals surface area contributed by atoms with E-state index in [-0.39, 0.29) is 18.3 Å². The number of fused-ring (bicyclic) bond motifs is 1. The third kappa shape index (κ3) is 4.14. The second-order valence-electron chi connectivity index (χ2n) is 6.08. The molecule has 2 aromatic carbocycles. The zero-order chi connectivity index (χ0) is 17.8. The van der Waals surface area contributed by atoms with E-state index in [0.29, 0.717) is 12.0 Å². The lowest BCUT2D eigenvalue weighted by Gasteiger charge is -2.16. The van der Waals surface area contributed by atoms with Crippen molar-refractivity contribution in [3.8, 4) is 5.75 Å². The number of aryl methyl sites for hydroxylation is 1. The van der Waals surface area contributed by atoms with Gasteiger partial charge in [-0.3, -0.25) is 9.78 Å². The largest absolute Gasteiger partial charge is 0.508 e. The van der Waals surface area contributed by atoms with Gasteiger partial charge in [-0.05, 0) is 55.3 Å². The molecule has 128 valence electrons.